The molecule has 2 aromatic rings. The molecule has 0 spiro atoms. The summed E-state index contributed by atoms with van der Waals surface area (Å²) in [6.45, 7) is 6.94. The number of hydrogen-bond acceptors (Lipinski definition) is 6. The molecule has 7 nitrogen and oxygen atoms in total. The Morgan fingerprint density at radius 1 is 1.21 bits per heavy atom. The number of rotatable bonds is 4. The van der Waals surface area contributed by atoms with Crippen LogP contribution in [0.1, 0.15) is 42.8 Å². The summed E-state index contributed by atoms with van der Waals surface area (Å²) in [6.07, 6.45) is 6.36. The Labute approximate surface area is 165 Å². The van der Waals surface area contributed by atoms with Gasteiger partial charge in [0.05, 0.1) is 17.0 Å². The molecule has 150 valence electrons. The number of hydrogen-bond donors (Lipinski definition) is 0. The van der Waals surface area contributed by atoms with E-state index >= 15 is 0 Å². The fourth-order valence-electron chi connectivity index (χ4n) is 4.42. The maximum absolute atomic E-state index is 12.9. The molecular formula is C21H28N4O3. The van der Waals surface area contributed by atoms with Crippen molar-refractivity contribution in [2.45, 2.75) is 46.0 Å². The second-order valence-electron chi connectivity index (χ2n) is 7.98. The number of likely N-dealkylation sites (tertiary alicyclic amines) is 1. The van der Waals surface area contributed by atoms with Gasteiger partial charge >= 0.3 is 0 Å². The number of nitrogens with zero attached hydrogens (tertiary/aromatic N) is 4. The maximum Gasteiger partial charge on any atom is 0.225 e. The van der Waals surface area contributed by atoms with Crippen LogP contribution in [0.2, 0.25) is 0 Å². The first-order chi connectivity index (χ1) is 13.6. The molecule has 1 atom stereocenters. The molecule has 4 heterocycles. The third kappa shape index (κ3) is 4.09. The number of amides is 1. The van der Waals surface area contributed by atoms with Crippen molar-refractivity contribution in [3.8, 4) is 11.3 Å². The Kier molecular flexibility index (Phi) is 5.71. The van der Waals surface area contributed by atoms with Crippen LogP contribution < -0.4 is 0 Å². The van der Waals surface area contributed by atoms with E-state index in [1.165, 1.54) is 0 Å². The Morgan fingerprint density at radius 2 is 2.04 bits per heavy atom. The molecule has 0 aromatic carbocycles. The summed E-state index contributed by atoms with van der Waals surface area (Å²) < 4.78 is 10.7. The smallest absolute Gasteiger partial charge is 0.225 e. The normalized spacial score (nSPS) is 21.1. The highest BCUT2D eigenvalue weighted by Crippen LogP contribution is 2.27. The summed E-state index contributed by atoms with van der Waals surface area (Å²) in [7, 11) is 0. The van der Waals surface area contributed by atoms with Crippen molar-refractivity contribution in [3.05, 3.63) is 29.5 Å². The molecule has 4 rings (SSSR count). The van der Waals surface area contributed by atoms with E-state index in [0.717, 1.165) is 73.6 Å². The number of aryl methyl sites for hydroxylation is 2. The lowest BCUT2D eigenvalue weighted by Crippen LogP contribution is -2.44. The molecule has 0 aliphatic carbocycles. The van der Waals surface area contributed by atoms with E-state index in [-0.39, 0.29) is 5.92 Å². The SMILES string of the molecule is Cc1noc(C)c1-c1cc(CC2CCCN(C(=O)C3CCOCC3)C2)ncn1. The first kappa shape index (κ1) is 19.1. The average molecular weight is 384 g/mol. The molecule has 1 unspecified atom stereocenters. The van der Waals surface area contributed by atoms with Crippen LogP contribution in [0.25, 0.3) is 11.3 Å². The summed E-state index contributed by atoms with van der Waals surface area (Å²) in [4.78, 5) is 23.8. The van der Waals surface area contributed by atoms with Crippen LogP contribution in [0.4, 0.5) is 0 Å². The summed E-state index contributed by atoms with van der Waals surface area (Å²) in [5.41, 5.74) is 3.65. The predicted molar refractivity (Wildman–Crippen MR) is 104 cm³/mol. The van der Waals surface area contributed by atoms with Gasteiger partial charge < -0.3 is 14.2 Å². The van der Waals surface area contributed by atoms with Gasteiger partial charge in [0.15, 0.2) is 0 Å². The summed E-state index contributed by atoms with van der Waals surface area (Å²) in [6, 6.07) is 2.03. The topological polar surface area (TPSA) is 81.4 Å². The zero-order chi connectivity index (χ0) is 19.5. The molecule has 0 radical (unpaired) electrons. The lowest BCUT2D eigenvalue weighted by Gasteiger charge is -2.35. The highest BCUT2D eigenvalue weighted by atomic mass is 16.5. The highest BCUT2D eigenvalue weighted by Gasteiger charge is 2.30. The third-order valence-corrected chi connectivity index (χ3v) is 5.91. The van der Waals surface area contributed by atoms with Crippen molar-refractivity contribution >= 4 is 5.91 Å². The maximum atomic E-state index is 12.9. The van der Waals surface area contributed by atoms with Gasteiger partial charge in [-0.1, -0.05) is 5.16 Å². The van der Waals surface area contributed by atoms with Gasteiger partial charge in [-0.2, -0.15) is 0 Å². The summed E-state index contributed by atoms with van der Waals surface area (Å²) in [5.74, 6) is 1.66. The van der Waals surface area contributed by atoms with Crippen LogP contribution in [0.3, 0.4) is 0 Å². The zero-order valence-corrected chi connectivity index (χ0v) is 16.7. The van der Waals surface area contributed by atoms with Crippen LogP contribution in [0.15, 0.2) is 16.9 Å². The molecule has 28 heavy (non-hydrogen) atoms. The van der Waals surface area contributed by atoms with Gasteiger partial charge in [-0.3, -0.25) is 4.79 Å². The van der Waals surface area contributed by atoms with Crippen molar-refractivity contribution in [2.24, 2.45) is 11.8 Å². The van der Waals surface area contributed by atoms with Gasteiger partial charge in [-0.15, -0.1) is 0 Å². The molecule has 0 saturated carbocycles. The number of aromatic nitrogens is 3. The predicted octanol–water partition coefficient (Wildman–Crippen LogP) is 2.96. The van der Waals surface area contributed by atoms with Gasteiger partial charge in [-0.05, 0) is 57.9 Å². The summed E-state index contributed by atoms with van der Waals surface area (Å²) >= 11 is 0. The largest absolute Gasteiger partial charge is 0.381 e. The average Bonchev–Trinajstić information content (AvgIpc) is 3.06. The van der Waals surface area contributed by atoms with E-state index in [1.807, 2.05) is 19.9 Å². The van der Waals surface area contributed by atoms with Crippen molar-refractivity contribution in [1.29, 1.82) is 0 Å². The van der Waals surface area contributed by atoms with Crippen molar-refractivity contribution in [3.63, 3.8) is 0 Å². The fraction of sp³-hybridized carbons (Fsp3) is 0.619. The molecule has 2 aliphatic rings. The Hall–Kier alpha value is -2.28. The number of carbonyl (C=O) groups excluding carboxylic acids is 1. The second kappa shape index (κ2) is 8.39. The minimum absolute atomic E-state index is 0.137. The molecule has 1 amide bonds. The van der Waals surface area contributed by atoms with Crippen LogP contribution >= 0.6 is 0 Å². The Morgan fingerprint density at radius 3 is 2.79 bits per heavy atom. The quantitative estimate of drug-likeness (QED) is 0.806. The molecule has 0 bridgehead atoms. The van der Waals surface area contributed by atoms with E-state index in [0.29, 0.717) is 25.0 Å². The first-order valence-electron chi connectivity index (χ1n) is 10.2. The standard InChI is InChI=1S/C21H28N4O3/c1-14-20(15(2)28-24-14)19-11-18(22-13-23-19)10-16-4-3-7-25(12-16)21(26)17-5-8-27-9-6-17/h11,13,16-17H,3-10,12H2,1-2H3. The van der Waals surface area contributed by atoms with Crippen LogP contribution in [0, 0.1) is 25.7 Å². The molecule has 2 aromatic heterocycles. The van der Waals surface area contributed by atoms with Crippen LogP contribution in [-0.2, 0) is 16.0 Å². The molecule has 2 aliphatic heterocycles. The molecule has 7 heteroatoms. The van der Waals surface area contributed by atoms with E-state index in [9.17, 15) is 4.79 Å². The van der Waals surface area contributed by atoms with E-state index in [2.05, 4.69) is 20.0 Å². The first-order valence-corrected chi connectivity index (χ1v) is 10.2. The van der Waals surface area contributed by atoms with Crippen molar-refractivity contribution in [2.75, 3.05) is 26.3 Å². The van der Waals surface area contributed by atoms with Crippen molar-refractivity contribution < 1.29 is 14.1 Å². The van der Waals surface area contributed by atoms with Gasteiger partial charge in [-0.25, -0.2) is 9.97 Å². The number of carbonyl (C=O) groups is 1. The molecule has 2 fully saturated rings. The number of ether oxygens (including phenoxy) is 1. The Balaban J connectivity index is 1.43. The highest BCUT2D eigenvalue weighted by molar-refractivity contribution is 5.79. The second-order valence-corrected chi connectivity index (χ2v) is 7.98. The van der Waals surface area contributed by atoms with E-state index < -0.39 is 0 Å². The van der Waals surface area contributed by atoms with E-state index in [4.69, 9.17) is 9.26 Å². The van der Waals surface area contributed by atoms with Gasteiger partial charge in [0.2, 0.25) is 5.91 Å². The van der Waals surface area contributed by atoms with Crippen LogP contribution in [-0.4, -0.2) is 52.2 Å². The number of piperidine rings is 1. The van der Waals surface area contributed by atoms with Crippen molar-refractivity contribution in [1.82, 2.24) is 20.0 Å². The fourth-order valence-corrected chi connectivity index (χ4v) is 4.42. The Bertz CT molecular complexity index is 809. The van der Waals surface area contributed by atoms with Gasteiger partial charge in [0, 0.05) is 37.9 Å². The molecular weight excluding hydrogens is 356 g/mol. The van der Waals surface area contributed by atoms with Gasteiger partial charge in [0.25, 0.3) is 0 Å². The lowest BCUT2D eigenvalue weighted by atomic mass is 9.91. The van der Waals surface area contributed by atoms with Gasteiger partial charge in [0.1, 0.15) is 12.1 Å². The summed E-state index contributed by atoms with van der Waals surface area (Å²) in [5, 5.41) is 4.02. The zero-order valence-electron chi connectivity index (χ0n) is 16.7. The minimum Gasteiger partial charge on any atom is -0.381 e. The molecule has 0 N–H and O–H groups in total. The monoisotopic (exact) mass is 384 g/mol. The van der Waals surface area contributed by atoms with E-state index in [1.54, 1.807) is 6.33 Å². The third-order valence-electron chi connectivity index (χ3n) is 5.91. The molecule has 2 saturated heterocycles. The minimum atomic E-state index is 0.137. The lowest BCUT2D eigenvalue weighted by molar-refractivity contribution is -0.140. The van der Waals surface area contributed by atoms with Crippen LogP contribution in [0.5, 0.6) is 0 Å².